The van der Waals surface area contributed by atoms with Crippen molar-refractivity contribution in [3.63, 3.8) is 0 Å². The van der Waals surface area contributed by atoms with E-state index in [1.165, 1.54) is 12.8 Å². The minimum Gasteiger partial charge on any atom is -0.460 e. The average Bonchev–Trinajstić information content (AvgIpc) is 3.19. The summed E-state index contributed by atoms with van der Waals surface area (Å²) in [6.45, 7) is 2.08. The predicted molar refractivity (Wildman–Crippen MR) is 81.4 cm³/mol. The number of nitrogens with two attached hydrogens (primary N) is 1. The van der Waals surface area contributed by atoms with Crippen LogP contribution in [0.2, 0.25) is 0 Å². The highest BCUT2D eigenvalue weighted by Gasteiger charge is 2.26. The lowest BCUT2D eigenvalue weighted by molar-refractivity contribution is 0.0131. The summed E-state index contributed by atoms with van der Waals surface area (Å²) in [7, 11) is 0. The van der Waals surface area contributed by atoms with Gasteiger partial charge in [-0.3, -0.25) is 4.57 Å². The number of imidazole rings is 1. The third-order valence-electron chi connectivity index (χ3n) is 4.52. The zero-order valence-corrected chi connectivity index (χ0v) is 12.7. The highest BCUT2D eigenvalue weighted by Crippen LogP contribution is 2.32. The van der Waals surface area contributed by atoms with Gasteiger partial charge in [0.1, 0.15) is 12.3 Å². The molecule has 2 aromatic rings. The molecule has 4 rings (SSSR count). The Kier molecular flexibility index (Phi) is 3.37. The van der Waals surface area contributed by atoms with Crippen LogP contribution >= 0.6 is 0 Å². The van der Waals surface area contributed by atoms with Gasteiger partial charge in [0.05, 0.1) is 12.4 Å². The van der Waals surface area contributed by atoms with Crippen LogP contribution in [0.4, 0.5) is 5.82 Å². The molecule has 1 aliphatic carbocycles. The molecule has 0 bridgehead atoms. The first-order valence-electron chi connectivity index (χ1n) is 8.03. The maximum atomic E-state index is 6.02. The van der Waals surface area contributed by atoms with Crippen molar-refractivity contribution in [3.05, 3.63) is 6.33 Å². The van der Waals surface area contributed by atoms with Crippen molar-refractivity contribution in [2.45, 2.75) is 63.9 Å². The van der Waals surface area contributed by atoms with Crippen LogP contribution in [0.5, 0.6) is 6.01 Å². The topological polar surface area (TPSA) is 88.1 Å². The minimum absolute atomic E-state index is 0.0337. The molecule has 7 heteroatoms. The van der Waals surface area contributed by atoms with Gasteiger partial charge in [0, 0.05) is 0 Å². The molecule has 2 atom stereocenters. The van der Waals surface area contributed by atoms with Crippen LogP contribution in [0.25, 0.3) is 11.2 Å². The molecule has 2 unspecified atom stereocenters. The van der Waals surface area contributed by atoms with Gasteiger partial charge in [-0.15, -0.1) is 0 Å². The molecule has 2 fully saturated rings. The first-order valence-corrected chi connectivity index (χ1v) is 8.03. The first kappa shape index (κ1) is 13.8. The lowest BCUT2D eigenvalue weighted by Crippen LogP contribution is -2.14. The summed E-state index contributed by atoms with van der Waals surface area (Å²) in [5.74, 6) is 0.364. The molecule has 1 saturated carbocycles. The highest BCUT2D eigenvalue weighted by atomic mass is 16.5. The Balaban J connectivity index is 1.68. The largest absolute Gasteiger partial charge is 0.460 e. The van der Waals surface area contributed by atoms with Crippen LogP contribution in [-0.4, -0.2) is 31.7 Å². The van der Waals surface area contributed by atoms with Gasteiger partial charge in [-0.25, -0.2) is 4.98 Å². The Morgan fingerprint density at radius 1 is 1.23 bits per heavy atom. The molecule has 0 radical (unpaired) electrons. The second-order valence-electron chi connectivity index (χ2n) is 6.22. The molecule has 1 saturated heterocycles. The van der Waals surface area contributed by atoms with E-state index in [4.69, 9.17) is 15.2 Å². The quantitative estimate of drug-likeness (QED) is 0.937. The average molecular weight is 303 g/mol. The molecular formula is C15H21N5O2. The summed E-state index contributed by atoms with van der Waals surface area (Å²) in [4.78, 5) is 13.1. The van der Waals surface area contributed by atoms with Crippen molar-refractivity contribution in [3.8, 4) is 6.01 Å². The van der Waals surface area contributed by atoms with Crippen molar-refractivity contribution >= 4 is 17.0 Å². The summed E-state index contributed by atoms with van der Waals surface area (Å²) in [6, 6.07) is 0.352. The Morgan fingerprint density at radius 2 is 2.05 bits per heavy atom. The van der Waals surface area contributed by atoms with E-state index in [2.05, 4.69) is 21.9 Å². The Labute approximate surface area is 128 Å². The number of fused-ring (bicyclic) bond motifs is 1. The van der Waals surface area contributed by atoms with Crippen LogP contribution in [0, 0.1) is 0 Å². The molecule has 22 heavy (non-hydrogen) atoms. The summed E-state index contributed by atoms with van der Waals surface area (Å²) in [6.07, 6.45) is 8.68. The highest BCUT2D eigenvalue weighted by molar-refractivity contribution is 5.82. The number of anilines is 1. The van der Waals surface area contributed by atoms with Crippen molar-refractivity contribution in [2.75, 3.05) is 5.73 Å². The lowest BCUT2D eigenvalue weighted by atomic mass is 10.2. The third kappa shape index (κ3) is 2.39. The molecule has 0 spiro atoms. The molecule has 2 N–H and O–H groups in total. The summed E-state index contributed by atoms with van der Waals surface area (Å²) < 4.78 is 13.7. The van der Waals surface area contributed by atoms with E-state index in [1.54, 1.807) is 6.33 Å². The van der Waals surface area contributed by atoms with Crippen molar-refractivity contribution in [1.82, 2.24) is 19.5 Å². The number of aromatic nitrogens is 4. The maximum Gasteiger partial charge on any atom is 0.320 e. The monoisotopic (exact) mass is 303 g/mol. The normalized spacial score (nSPS) is 26.0. The molecule has 2 aliphatic rings. The smallest absolute Gasteiger partial charge is 0.320 e. The van der Waals surface area contributed by atoms with Gasteiger partial charge in [-0.05, 0) is 45.4 Å². The second kappa shape index (κ2) is 5.39. The summed E-state index contributed by atoms with van der Waals surface area (Å²) in [5.41, 5.74) is 7.33. The summed E-state index contributed by atoms with van der Waals surface area (Å²) in [5, 5.41) is 0. The third-order valence-corrected chi connectivity index (χ3v) is 4.52. The molecule has 1 aliphatic heterocycles. The van der Waals surface area contributed by atoms with Crippen molar-refractivity contribution < 1.29 is 9.47 Å². The number of ether oxygens (including phenoxy) is 2. The molecule has 0 aromatic carbocycles. The number of nitrogens with zero attached hydrogens (tertiary/aromatic N) is 4. The van der Waals surface area contributed by atoms with Crippen molar-refractivity contribution in [2.24, 2.45) is 0 Å². The number of nitrogen functional groups attached to an aromatic ring is 1. The number of hydrogen-bond acceptors (Lipinski definition) is 6. The summed E-state index contributed by atoms with van der Waals surface area (Å²) >= 11 is 0. The fourth-order valence-electron chi connectivity index (χ4n) is 3.32. The Morgan fingerprint density at radius 3 is 2.77 bits per heavy atom. The SMILES string of the molecule is CC1CCC(n2cnc3c(N)nc(OC4CCCC4)nc32)O1. The van der Waals surface area contributed by atoms with Crippen LogP contribution in [0.3, 0.4) is 0 Å². The van der Waals surface area contributed by atoms with Gasteiger partial charge in [-0.1, -0.05) is 0 Å². The van der Waals surface area contributed by atoms with Crippen molar-refractivity contribution in [1.29, 1.82) is 0 Å². The predicted octanol–water partition coefficient (Wildman–Crippen LogP) is 2.43. The zero-order valence-electron chi connectivity index (χ0n) is 12.7. The molecular weight excluding hydrogens is 282 g/mol. The molecule has 3 heterocycles. The molecule has 0 amide bonds. The molecule has 7 nitrogen and oxygen atoms in total. The Bertz CT molecular complexity index is 680. The molecule has 2 aromatic heterocycles. The minimum atomic E-state index is -0.0337. The maximum absolute atomic E-state index is 6.02. The van der Waals surface area contributed by atoms with Gasteiger partial charge in [-0.2, -0.15) is 9.97 Å². The van der Waals surface area contributed by atoms with Crippen LogP contribution in [0.15, 0.2) is 6.33 Å². The second-order valence-corrected chi connectivity index (χ2v) is 6.22. The van der Waals surface area contributed by atoms with E-state index in [-0.39, 0.29) is 18.4 Å². The Hall–Kier alpha value is -1.89. The first-order chi connectivity index (χ1) is 10.7. The van der Waals surface area contributed by atoms with E-state index in [9.17, 15) is 0 Å². The van der Waals surface area contributed by atoms with Crippen LogP contribution < -0.4 is 10.5 Å². The standard InChI is InChI=1S/C15H21N5O2/c1-9-6-7-11(21-9)20-8-17-12-13(16)18-15(19-14(12)20)22-10-4-2-3-5-10/h8-11H,2-7H2,1H3,(H2,16,18,19). The van der Waals surface area contributed by atoms with E-state index in [1.807, 2.05) is 4.57 Å². The van der Waals surface area contributed by atoms with E-state index in [0.717, 1.165) is 25.7 Å². The number of rotatable bonds is 3. The lowest BCUT2D eigenvalue weighted by Gasteiger charge is -2.14. The van der Waals surface area contributed by atoms with Gasteiger partial charge in [0.2, 0.25) is 0 Å². The van der Waals surface area contributed by atoms with Crippen LogP contribution in [0.1, 0.15) is 51.7 Å². The molecule has 118 valence electrons. The van der Waals surface area contributed by atoms with Gasteiger partial charge < -0.3 is 15.2 Å². The fraction of sp³-hybridized carbons (Fsp3) is 0.667. The van der Waals surface area contributed by atoms with Gasteiger partial charge >= 0.3 is 6.01 Å². The van der Waals surface area contributed by atoms with Crippen LogP contribution in [-0.2, 0) is 4.74 Å². The number of hydrogen-bond donors (Lipinski definition) is 1. The van der Waals surface area contributed by atoms with E-state index < -0.39 is 0 Å². The zero-order chi connectivity index (χ0) is 15.1. The fourth-order valence-corrected chi connectivity index (χ4v) is 3.32. The van der Waals surface area contributed by atoms with Gasteiger partial charge in [0.25, 0.3) is 0 Å². The van der Waals surface area contributed by atoms with E-state index in [0.29, 0.717) is 23.0 Å². The van der Waals surface area contributed by atoms with Gasteiger partial charge in [0.15, 0.2) is 17.0 Å². The van der Waals surface area contributed by atoms with E-state index >= 15 is 0 Å².